The van der Waals surface area contributed by atoms with Crippen molar-refractivity contribution in [2.75, 3.05) is 4.72 Å². The van der Waals surface area contributed by atoms with E-state index in [-0.39, 0.29) is 27.6 Å². The van der Waals surface area contributed by atoms with E-state index in [1.165, 1.54) is 55.3 Å². The molecule has 0 spiro atoms. The van der Waals surface area contributed by atoms with E-state index >= 15 is 0 Å². The Balaban J connectivity index is 1.71. The van der Waals surface area contributed by atoms with Crippen molar-refractivity contribution in [3.8, 4) is 0 Å². The maximum absolute atomic E-state index is 12.5. The highest BCUT2D eigenvalue weighted by atomic mass is 35.5. The number of carbonyl (C=O) groups is 1. The summed E-state index contributed by atoms with van der Waals surface area (Å²) in [5, 5.41) is 3.69. The number of anilines is 1. The molecule has 0 heterocycles. The monoisotopic (exact) mass is 440 g/mol. The van der Waals surface area contributed by atoms with Crippen molar-refractivity contribution >= 4 is 44.8 Å². The Morgan fingerprint density at radius 2 is 1.57 bits per heavy atom. The molecule has 0 saturated heterocycles. The van der Waals surface area contributed by atoms with Crippen LogP contribution in [0.2, 0.25) is 10.0 Å². The zero-order valence-electron chi connectivity index (χ0n) is 15.3. The average molecular weight is 441 g/mol. The van der Waals surface area contributed by atoms with E-state index in [2.05, 4.69) is 10.0 Å². The normalized spacial score (nSPS) is 15.6. The molecule has 5 nitrogen and oxygen atoms in total. The number of halogens is 2. The summed E-state index contributed by atoms with van der Waals surface area (Å²) < 4.78 is 27.4. The molecule has 2 aromatic rings. The van der Waals surface area contributed by atoms with E-state index in [9.17, 15) is 13.2 Å². The van der Waals surface area contributed by atoms with Gasteiger partial charge in [-0.3, -0.25) is 9.52 Å². The number of nitrogens with one attached hydrogen (secondary N) is 2. The van der Waals surface area contributed by atoms with Crippen molar-refractivity contribution in [3.05, 3.63) is 58.1 Å². The number of benzene rings is 2. The van der Waals surface area contributed by atoms with Gasteiger partial charge in [0.15, 0.2) is 0 Å². The molecule has 150 valence electrons. The molecule has 1 aliphatic carbocycles. The zero-order chi connectivity index (χ0) is 20.1. The van der Waals surface area contributed by atoms with Crippen LogP contribution in [-0.2, 0) is 10.0 Å². The predicted molar refractivity (Wildman–Crippen MR) is 113 cm³/mol. The number of sulfonamides is 1. The summed E-state index contributed by atoms with van der Waals surface area (Å²) in [7, 11) is -3.77. The summed E-state index contributed by atoms with van der Waals surface area (Å²) in [6.07, 6.45) is 6.59. The van der Waals surface area contributed by atoms with Gasteiger partial charge >= 0.3 is 0 Å². The molecular formula is C20H22Cl2N2O3S. The van der Waals surface area contributed by atoms with Gasteiger partial charge in [0.05, 0.1) is 21.2 Å². The van der Waals surface area contributed by atoms with Crippen LogP contribution in [0.1, 0.15) is 48.9 Å². The van der Waals surface area contributed by atoms with E-state index in [4.69, 9.17) is 23.2 Å². The van der Waals surface area contributed by atoms with E-state index in [1.807, 2.05) is 0 Å². The molecule has 0 bridgehead atoms. The van der Waals surface area contributed by atoms with Gasteiger partial charge < -0.3 is 5.32 Å². The van der Waals surface area contributed by atoms with Gasteiger partial charge in [-0.25, -0.2) is 8.42 Å². The fraction of sp³-hybridized carbons (Fsp3) is 0.350. The Morgan fingerprint density at radius 1 is 0.929 bits per heavy atom. The van der Waals surface area contributed by atoms with Crippen LogP contribution in [0.25, 0.3) is 0 Å². The lowest BCUT2D eigenvalue weighted by atomic mass is 10.1. The van der Waals surface area contributed by atoms with Crippen LogP contribution in [0.15, 0.2) is 47.4 Å². The quantitative estimate of drug-likeness (QED) is 0.623. The molecule has 2 aromatic carbocycles. The van der Waals surface area contributed by atoms with Crippen LogP contribution in [0.4, 0.5) is 5.69 Å². The van der Waals surface area contributed by atoms with Crippen LogP contribution in [0, 0.1) is 0 Å². The van der Waals surface area contributed by atoms with Gasteiger partial charge in [0.1, 0.15) is 0 Å². The molecule has 0 radical (unpaired) electrons. The summed E-state index contributed by atoms with van der Waals surface area (Å²) in [5.74, 6) is -0.232. The second-order valence-electron chi connectivity index (χ2n) is 6.92. The second-order valence-corrected chi connectivity index (χ2v) is 9.44. The van der Waals surface area contributed by atoms with Crippen LogP contribution in [0.5, 0.6) is 0 Å². The summed E-state index contributed by atoms with van der Waals surface area (Å²) in [5.41, 5.74) is 0.617. The molecule has 1 saturated carbocycles. The molecule has 3 rings (SSSR count). The van der Waals surface area contributed by atoms with Crippen molar-refractivity contribution < 1.29 is 13.2 Å². The molecule has 2 N–H and O–H groups in total. The van der Waals surface area contributed by atoms with E-state index < -0.39 is 10.0 Å². The Labute approximate surface area is 175 Å². The molecular weight excluding hydrogens is 419 g/mol. The highest BCUT2D eigenvalue weighted by molar-refractivity contribution is 7.92. The second kappa shape index (κ2) is 9.16. The third kappa shape index (κ3) is 5.40. The Morgan fingerprint density at radius 3 is 2.18 bits per heavy atom. The standard InChI is InChI=1S/C20H22Cl2N2O3S/c21-14-7-10-17(11-8-14)28(26,27)24-16-9-12-18(19(22)13-16)20(25)23-15-5-3-1-2-4-6-15/h7-13,15,24H,1-6H2,(H,23,25). The lowest BCUT2D eigenvalue weighted by molar-refractivity contribution is 0.0933. The van der Waals surface area contributed by atoms with E-state index in [0.717, 1.165) is 25.7 Å². The van der Waals surface area contributed by atoms with Crippen LogP contribution in [-0.4, -0.2) is 20.4 Å². The Kier molecular flexibility index (Phi) is 6.86. The third-order valence-electron chi connectivity index (χ3n) is 4.78. The smallest absolute Gasteiger partial charge is 0.261 e. The number of hydrogen-bond acceptors (Lipinski definition) is 3. The predicted octanol–water partition coefficient (Wildman–Crippen LogP) is 5.25. The summed E-state index contributed by atoms with van der Waals surface area (Å²) in [4.78, 5) is 12.6. The highest BCUT2D eigenvalue weighted by Crippen LogP contribution is 2.25. The van der Waals surface area contributed by atoms with Gasteiger partial charge in [0, 0.05) is 11.1 Å². The summed E-state index contributed by atoms with van der Waals surface area (Å²) in [6.45, 7) is 0. The first-order valence-electron chi connectivity index (χ1n) is 9.24. The van der Waals surface area contributed by atoms with Gasteiger partial charge in [-0.15, -0.1) is 0 Å². The molecule has 0 unspecified atom stereocenters. The molecule has 8 heteroatoms. The lowest BCUT2D eigenvalue weighted by Crippen LogP contribution is -2.34. The first-order chi connectivity index (χ1) is 13.3. The van der Waals surface area contributed by atoms with Crippen molar-refractivity contribution in [2.45, 2.75) is 49.5 Å². The number of amides is 1. The van der Waals surface area contributed by atoms with Gasteiger partial charge in [-0.1, -0.05) is 48.9 Å². The fourth-order valence-electron chi connectivity index (χ4n) is 3.28. The topological polar surface area (TPSA) is 75.3 Å². The molecule has 0 aliphatic heterocycles. The molecule has 1 aliphatic rings. The van der Waals surface area contributed by atoms with Crippen molar-refractivity contribution in [2.24, 2.45) is 0 Å². The largest absolute Gasteiger partial charge is 0.349 e. The maximum Gasteiger partial charge on any atom is 0.261 e. The minimum Gasteiger partial charge on any atom is -0.349 e. The van der Waals surface area contributed by atoms with Crippen LogP contribution >= 0.6 is 23.2 Å². The number of hydrogen-bond donors (Lipinski definition) is 2. The minimum absolute atomic E-state index is 0.0863. The Hall–Kier alpha value is -1.76. The molecule has 0 atom stereocenters. The summed E-state index contributed by atoms with van der Waals surface area (Å²) in [6, 6.07) is 10.5. The maximum atomic E-state index is 12.5. The van der Waals surface area contributed by atoms with E-state index in [0.29, 0.717) is 10.6 Å². The molecule has 0 aromatic heterocycles. The summed E-state index contributed by atoms with van der Waals surface area (Å²) >= 11 is 12.1. The van der Waals surface area contributed by atoms with Gasteiger partial charge in [-0.05, 0) is 55.3 Å². The first kappa shape index (κ1) is 21.0. The number of rotatable bonds is 5. The third-order valence-corrected chi connectivity index (χ3v) is 6.74. The van der Waals surface area contributed by atoms with Crippen molar-refractivity contribution in [1.29, 1.82) is 0 Å². The minimum atomic E-state index is -3.77. The zero-order valence-corrected chi connectivity index (χ0v) is 17.6. The highest BCUT2D eigenvalue weighted by Gasteiger charge is 2.19. The first-order valence-corrected chi connectivity index (χ1v) is 11.5. The molecule has 28 heavy (non-hydrogen) atoms. The van der Waals surface area contributed by atoms with Crippen LogP contribution in [0.3, 0.4) is 0 Å². The molecule has 1 amide bonds. The lowest BCUT2D eigenvalue weighted by Gasteiger charge is -2.17. The van der Waals surface area contributed by atoms with Gasteiger partial charge in [0.2, 0.25) is 0 Å². The van der Waals surface area contributed by atoms with E-state index in [1.54, 1.807) is 0 Å². The van der Waals surface area contributed by atoms with Gasteiger partial charge in [-0.2, -0.15) is 0 Å². The van der Waals surface area contributed by atoms with Crippen molar-refractivity contribution in [3.63, 3.8) is 0 Å². The average Bonchev–Trinajstić information content (AvgIpc) is 2.90. The SMILES string of the molecule is O=C(NC1CCCCCC1)c1ccc(NS(=O)(=O)c2ccc(Cl)cc2)cc1Cl. The fourth-order valence-corrected chi connectivity index (χ4v) is 4.72. The number of carbonyl (C=O) groups excluding carboxylic acids is 1. The van der Waals surface area contributed by atoms with Crippen LogP contribution < -0.4 is 10.0 Å². The van der Waals surface area contributed by atoms with Crippen molar-refractivity contribution in [1.82, 2.24) is 5.32 Å². The molecule has 1 fully saturated rings. The van der Waals surface area contributed by atoms with Gasteiger partial charge in [0.25, 0.3) is 15.9 Å². The Bertz CT molecular complexity index is 938.